The summed E-state index contributed by atoms with van der Waals surface area (Å²) in [5.41, 5.74) is -1.23. The van der Waals surface area contributed by atoms with Gasteiger partial charge in [-0.1, -0.05) is 45.9 Å². The van der Waals surface area contributed by atoms with Crippen LogP contribution in [0.5, 0.6) is 5.75 Å². The molecule has 0 spiro atoms. The summed E-state index contributed by atoms with van der Waals surface area (Å²) in [4.78, 5) is 11.6. The first-order valence-electron chi connectivity index (χ1n) is 6.25. The first-order chi connectivity index (χ1) is 8.33. The molecule has 18 heavy (non-hydrogen) atoms. The molecule has 100 valence electrons. The van der Waals surface area contributed by atoms with Crippen LogP contribution in [0.2, 0.25) is 0 Å². The van der Waals surface area contributed by atoms with Crippen LogP contribution in [0.25, 0.3) is 0 Å². The molecular formula is C15H22O3. The minimum atomic E-state index is -0.872. The second-order valence-corrected chi connectivity index (χ2v) is 5.59. The number of hydrogen-bond donors (Lipinski definition) is 1. The molecule has 0 aliphatic heterocycles. The van der Waals surface area contributed by atoms with Crippen molar-refractivity contribution in [3.05, 3.63) is 30.3 Å². The molecule has 1 unspecified atom stereocenters. The van der Waals surface area contributed by atoms with Crippen molar-refractivity contribution in [2.75, 3.05) is 6.61 Å². The first-order valence-corrected chi connectivity index (χ1v) is 6.25. The van der Waals surface area contributed by atoms with Gasteiger partial charge >= 0.3 is 5.97 Å². The van der Waals surface area contributed by atoms with Crippen LogP contribution in [0.1, 0.15) is 34.1 Å². The summed E-state index contributed by atoms with van der Waals surface area (Å²) in [5.74, 6) is -0.0887. The van der Waals surface area contributed by atoms with Gasteiger partial charge in [0.05, 0.1) is 0 Å². The number of carbonyl (C=O) groups is 1. The SMILES string of the molecule is CCC(COc1ccccc1)(C(=O)O)C(C)(C)C. The second-order valence-electron chi connectivity index (χ2n) is 5.59. The standard InChI is InChI=1S/C15H22O3/c1-5-15(13(16)17,14(2,3)4)11-18-12-9-7-6-8-10-12/h6-10H,5,11H2,1-4H3,(H,16,17). The van der Waals surface area contributed by atoms with Crippen LogP contribution in [0.3, 0.4) is 0 Å². The fourth-order valence-corrected chi connectivity index (χ4v) is 2.11. The number of ether oxygens (including phenoxy) is 1. The van der Waals surface area contributed by atoms with E-state index < -0.39 is 11.4 Å². The second kappa shape index (κ2) is 5.42. The van der Waals surface area contributed by atoms with Crippen molar-refractivity contribution in [1.82, 2.24) is 0 Å². The molecular weight excluding hydrogens is 228 g/mol. The highest BCUT2D eigenvalue weighted by Gasteiger charge is 2.48. The molecule has 0 fully saturated rings. The number of hydrogen-bond acceptors (Lipinski definition) is 2. The molecule has 1 rings (SSSR count). The number of carboxylic acid groups (broad SMARTS) is 1. The lowest BCUT2D eigenvalue weighted by atomic mass is 9.65. The molecule has 3 nitrogen and oxygen atoms in total. The molecule has 1 aromatic carbocycles. The summed E-state index contributed by atoms with van der Waals surface area (Å²) >= 11 is 0. The summed E-state index contributed by atoms with van der Waals surface area (Å²) < 4.78 is 5.67. The Morgan fingerprint density at radius 2 is 1.78 bits per heavy atom. The number of para-hydroxylation sites is 1. The van der Waals surface area contributed by atoms with Gasteiger partial charge in [0, 0.05) is 0 Å². The van der Waals surface area contributed by atoms with Gasteiger partial charge in [-0.15, -0.1) is 0 Å². The molecule has 0 aliphatic rings. The molecule has 3 heteroatoms. The quantitative estimate of drug-likeness (QED) is 0.868. The molecule has 0 amide bonds. The van der Waals surface area contributed by atoms with Gasteiger partial charge < -0.3 is 9.84 Å². The van der Waals surface area contributed by atoms with Crippen molar-refractivity contribution in [2.24, 2.45) is 10.8 Å². The zero-order chi connectivity index (χ0) is 13.8. The Balaban J connectivity index is 2.90. The molecule has 0 aromatic heterocycles. The summed E-state index contributed by atoms with van der Waals surface area (Å²) in [6, 6.07) is 9.33. The van der Waals surface area contributed by atoms with E-state index in [1.807, 2.05) is 58.0 Å². The Labute approximate surface area is 109 Å². The lowest BCUT2D eigenvalue weighted by Crippen LogP contribution is -2.47. The van der Waals surface area contributed by atoms with Gasteiger partial charge in [0.2, 0.25) is 0 Å². The Hall–Kier alpha value is -1.51. The fourth-order valence-electron chi connectivity index (χ4n) is 2.11. The van der Waals surface area contributed by atoms with Gasteiger partial charge in [-0.25, -0.2) is 0 Å². The maximum absolute atomic E-state index is 11.6. The van der Waals surface area contributed by atoms with Gasteiger partial charge in [0.15, 0.2) is 0 Å². The van der Waals surface area contributed by atoms with Crippen LogP contribution >= 0.6 is 0 Å². The van der Waals surface area contributed by atoms with E-state index in [1.165, 1.54) is 0 Å². The molecule has 1 aromatic rings. The summed E-state index contributed by atoms with van der Waals surface area (Å²) in [6.07, 6.45) is 0.540. The van der Waals surface area contributed by atoms with Gasteiger partial charge in [-0.2, -0.15) is 0 Å². The van der Waals surface area contributed by atoms with Crippen LogP contribution in [-0.2, 0) is 4.79 Å². The van der Waals surface area contributed by atoms with Gasteiger partial charge in [0.25, 0.3) is 0 Å². The van der Waals surface area contributed by atoms with Crippen LogP contribution in [0.4, 0.5) is 0 Å². The minimum Gasteiger partial charge on any atom is -0.492 e. The van der Waals surface area contributed by atoms with Crippen molar-refractivity contribution in [1.29, 1.82) is 0 Å². The van der Waals surface area contributed by atoms with Crippen LogP contribution in [-0.4, -0.2) is 17.7 Å². The summed E-state index contributed by atoms with van der Waals surface area (Å²) in [7, 11) is 0. The predicted molar refractivity (Wildman–Crippen MR) is 71.8 cm³/mol. The van der Waals surface area contributed by atoms with Crippen molar-refractivity contribution < 1.29 is 14.6 Å². The van der Waals surface area contributed by atoms with Crippen molar-refractivity contribution in [3.63, 3.8) is 0 Å². The highest BCUT2D eigenvalue weighted by Crippen LogP contribution is 2.42. The summed E-state index contributed by atoms with van der Waals surface area (Å²) in [6.45, 7) is 7.91. The van der Waals surface area contributed by atoms with E-state index in [0.717, 1.165) is 0 Å². The van der Waals surface area contributed by atoms with E-state index in [9.17, 15) is 9.90 Å². The smallest absolute Gasteiger partial charge is 0.313 e. The lowest BCUT2D eigenvalue weighted by molar-refractivity contribution is -0.159. The maximum Gasteiger partial charge on any atom is 0.313 e. The molecule has 1 N–H and O–H groups in total. The number of rotatable bonds is 5. The molecule has 0 bridgehead atoms. The third kappa shape index (κ3) is 2.84. The largest absolute Gasteiger partial charge is 0.492 e. The number of carboxylic acids is 1. The zero-order valence-electron chi connectivity index (χ0n) is 11.6. The normalized spacial score (nSPS) is 14.9. The zero-order valence-corrected chi connectivity index (χ0v) is 11.6. The number of benzene rings is 1. The van der Waals surface area contributed by atoms with Crippen molar-refractivity contribution >= 4 is 5.97 Å². The molecule has 0 saturated carbocycles. The van der Waals surface area contributed by atoms with Crippen molar-refractivity contribution in [2.45, 2.75) is 34.1 Å². The maximum atomic E-state index is 11.6. The van der Waals surface area contributed by atoms with E-state index in [-0.39, 0.29) is 12.0 Å². The first kappa shape index (κ1) is 14.6. The summed E-state index contributed by atoms with van der Waals surface area (Å²) in [5, 5.41) is 9.56. The average molecular weight is 250 g/mol. The average Bonchev–Trinajstić information content (AvgIpc) is 2.29. The molecule has 0 radical (unpaired) electrons. The van der Waals surface area contributed by atoms with Crippen LogP contribution in [0, 0.1) is 10.8 Å². The highest BCUT2D eigenvalue weighted by atomic mass is 16.5. The Morgan fingerprint density at radius 1 is 1.22 bits per heavy atom. The third-order valence-corrected chi connectivity index (χ3v) is 3.68. The third-order valence-electron chi connectivity index (χ3n) is 3.68. The fraction of sp³-hybridized carbons (Fsp3) is 0.533. The predicted octanol–water partition coefficient (Wildman–Crippen LogP) is 3.59. The van der Waals surface area contributed by atoms with E-state index in [1.54, 1.807) is 0 Å². The molecule has 1 atom stereocenters. The topological polar surface area (TPSA) is 46.5 Å². The Kier molecular flexibility index (Phi) is 4.38. The van der Waals surface area contributed by atoms with E-state index in [0.29, 0.717) is 12.2 Å². The van der Waals surface area contributed by atoms with E-state index in [2.05, 4.69) is 0 Å². The van der Waals surface area contributed by atoms with Gasteiger partial charge in [0.1, 0.15) is 17.8 Å². The number of aliphatic carboxylic acids is 1. The highest BCUT2D eigenvalue weighted by molar-refractivity contribution is 5.75. The van der Waals surface area contributed by atoms with Crippen molar-refractivity contribution in [3.8, 4) is 5.75 Å². The monoisotopic (exact) mass is 250 g/mol. The minimum absolute atomic E-state index is 0.187. The van der Waals surface area contributed by atoms with Gasteiger partial charge in [-0.05, 0) is 24.0 Å². The van der Waals surface area contributed by atoms with E-state index >= 15 is 0 Å². The molecule has 0 heterocycles. The molecule has 0 aliphatic carbocycles. The van der Waals surface area contributed by atoms with Gasteiger partial charge in [-0.3, -0.25) is 4.79 Å². The van der Waals surface area contributed by atoms with Crippen LogP contribution < -0.4 is 4.74 Å². The Bertz CT molecular complexity index is 392. The Morgan fingerprint density at radius 3 is 2.17 bits per heavy atom. The van der Waals surface area contributed by atoms with E-state index in [4.69, 9.17) is 4.74 Å². The van der Waals surface area contributed by atoms with Crippen LogP contribution in [0.15, 0.2) is 30.3 Å². The molecule has 0 saturated heterocycles. The lowest BCUT2D eigenvalue weighted by Gasteiger charge is -2.40.